The molecule has 1 fully saturated rings. The summed E-state index contributed by atoms with van der Waals surface area (Å²) >= 11 is 0. The Morgan fingerprint density at radius 1 is 0.854 bits per heavy atom. The maximum Gasteiger partial charge on any atom is 0.414 e. The van der Waals surface area contributed by atoms with E-state index in [-0.39, 0.29) is 17.9 Å². The minimum absolute atomic E-state index is 0.197. The molecule has 10 nitrogen and oxygen atoms in total. The molecule has 0 aliphatic carbocycles. The lowest BCUT2D eigenvalue weighted by atomic mass is 10.1. The molecule has 3 aromatic carbocycles. The molecule has 4 aromatic rings. The van der Waals surface area contributed by atoms with Crippen LogP contribution in [0.15, 0.2) is 85.1 Å². The Labute approximate surface area is 238 Å². The highest BCUT2D eigenvalue weighted by molar-refractivity contribution is 5.49. The number of piperazine rings is 1. The average molecular weight is 556 g/mol. The van der Waals surface area contributed by atoms with Crippen LogP contribution in [0, 0.1) is 10.1 Å². The van der Waals surface area contributed by atoms with Crippen LogP contribution in [0.3, 0.4) is 0 Å². The van der Waals surface area contributed by atoms with Crippen LogP contribution in [0.2, 0.25) is 0 Å². The Bertz CT molecular complexity index is 1430. The summed E-state index contributed by atoms with van der Waals surface area (Å²) in [7, 11) is 0. The van der Waals surface area contributed by atoms with E-state index in [1.54, 1.807) is 4.57 Å². The Kier molecular flexibility index (Phi) is 7.99. The molecule has 212 valence electrons. The van der Waals surface area contributed by atoms with Gasteiger partial charge in [0.1, 0.15) is 37.0 Å². The minimum atomic E-state index is -0.510. The smallest absolute Gasteiger partial charge is 0.414 e. The number of benzene rings is 3. The summed E-state index contributed by atoms with van der Waals surface area (Å²) < 4.78 is 19.3. The van der Waals surface area contributed by atoms with E-state index in [9.17, 15) is 10.1 Å². The van der Waals surface area contributed by atoms with Gasteiger partial charge in [-0.05, 0) is 52.4 Å². The molecule has 3 heterocycles. The standard InChI is InChI=1S/C31H33N5O5/c37-36(38)30-21-35-15-14-29(41-31(35)32-30)23-40-28-12-8-26(9-13-28)34-18-16-33(17-19-34)20-24-6-10-27(11-7-24)39-22-25-4-2-1-3-5-25/h1-13,21,29H,14-20,22-23H2. The van der Waals surface area contributed by atoms with Crippen molar-refractivity contribution in [2.24, 2.45) is 0 Å². The van der Waals surface area contributed by atoms with Crippen molar-refractivity contribution < 1.29 is 19.1 Å². The Balaban J connectivity index is 0.927. The van der Waals surface area contributed by atoms with Crippen LogP contribution >= 0.6 is 0 Å². The first-order valence-electron chi connectivity index (χ1n) is 13.9. The van der Waals surface area contributed by atoms with E-state index < -0.39 is 4.92 Å². The molecule has 10 heteroatoms. The minimum Gasteiger partial charge on any atom is -0.490 e. The summed E-state index contributed by atoms with van der Waals surface area (Å²) in [6.07, 6.45) is 1.91. The molecule has 41 heavy (non-hydrogen) atoms. The third kappa shape index (κ3) is 6.78. The molecule has 0 radical (unpaired) electrons. The van der Waals surface area contributed by atoms with Gasteiger partial charge in [-0.2, -0.15) is 0 Å². The molecule has 2 aliphatic heterocycles. The fourth-order valence-corrected chi connectivity index (χ4v) is 5.13. The van der Waals surface area contributed by atoms with Gasteiger partial charge >= 0.3 is 11.8 Å². The molecule has 1 unspecified atom stereocenters. The highest BCUT2D eigenvalue weighted by Gasteiger charge is 2.28. The third-order valence-electron chi connectivity index (χ3n) is 7.47. The molecular weight excluding hydrogens is 522 g/mol. The summed E-state index contributed by atoms with van der Waals surface area (Å²) in [5, 5.41) is 10.9. The van der Waals surface area contributed by atoms with Gasteiger partial charge in [-0.25, -0.2) is 0 Å². The van der Waals surface area contributed by atoms with Crippen LogP contribution in [0.4, 0.5) is 11.5 Å². The molecule has 2 aliphatic rings. The molecule has 0 spiro atoms. The van der Waals surface area contributed by atoms with Crippen molar-refractivity contribution in [2.45, 2.75) is 32.2 Å². The van der Waals surface area contributed by atoms with Crippen LogP contribution in [-0.2, 0) is 19.7 Å². The number of rotatable bonds is 10. The lowest BCUT2D eigenvalue weighted by molar-refractivity contribution is -0.389. The summed E-state index contributed by atoms with van der Waals surface area (Å²) in [5.74, 6) is 1.46. The maximum absolute atomic E-state index is 10.9. The topological polar surface area (TPSA) is 95.1 Å². The molecular formula is C31H33N5O5. The fourth-order valence-electron chi connectivity index (χ4n) is 5.13. The number of anilines is 1. The Morgan fingerprint density at radius 2 is 1.56 bits per heavy atom. The number of aryl methyl sites for hydroxylation is 1. The van der Waals surface area contributed by atoms with E-state index in [2.05, 4.69) is 63.3 Å². The maximum atomic E-state index is 10.9. The predicted molar refractivity (Wildman–Crippen MR) is 155 cm³/mol. The van der Waals surface area contributed by atoms with E-state index in [4.69, 9.17) is 14.2 Å². The number of aromatic nitrogens is 2. The monoisotopic (exact) mass is 555 g/mol. The van der Waals surface area contributed by atoms with Gasteiger partial charge in [-0.1, -0.05) is 42.5 Å². The van der Waals surface area contributed by atoms with E-state index in [0.29, 0.717) is 26.2 Å². The number of imidazole rings is 1. The van der Waals surface area contributed by atoms with E-state index in [1.165, 1.54) is 17.4 Å². The molecule has 0 amide bonds. The number of nitrogens with zero attached hydrogens (tertiary/aromatic N) is 5. The lowest BCUT2D eigenvalue weighted by Crippen LogP contribution is -2.45. The van der Waals surface area contributed by atoms with Crippen molar-refractivity contribution in [2.75, 3.05) is 37.7 Å². The van der Waals surface area contributed by atoms with Gasteiger partial charge in [-0.15, -0.1) is 0 Å². The number of nitro groups is 1. The van der Waals surface area contributed by atoms with Crippen LogP contribution in [0.1, 0.15) is 17.5 Å². The van der Waals surface area contributed by atoms with Crippen molar-refractivity contribution >= 4 is 11.5 Å². The molecule has 0 N–H and O–H groups in total. The molecule has 1 aromatic heterocycles. The summed E-state index contributed by atoms with van der Waals surface area (Å²) in [4.78, 5) is 19.3. The predicted octanol–water partition coefficient (Wildman–Crippen LogP) is 4.92. The van der Waals surface area contributed by atoms with Gasteiger partial charge in [0, 0.05) is 56.4 Å². The quantitative estimate of drug-likeness (QED) is 0.201. The lowest BCUT2D eigenvalue weighted by Gasteiger charge is -2.36. The Morgan fingerprint density at radius 3 is 2.29 bits per heavy atom. The van der Waals surface area contributed by atoms with Crippen LogP contribution in [-0.4, -0.2) is 58.3 Å². The SMILES string of the molecule is O=[N+]([O-])c1cn2c(n1)OC(COc1ccc(N3CCN(Cc4ccc(OCc5ccccc5)cc4)CC3)cc1)CC2. The number of fused-ring (bicyclic) bond motifs is 1. The van der Waals surface area contributed by atoms with E-state index >= 15 is 0 Å². The molecule has 1 saturated heterocycles. The molecule has 1 atom stereocenters. The average Bonchev–Trinajstić information content (AvgIpc) is 3.45. The summed E-state index contributed by atoms with van der Waals surface area (Å²) in [5.41, 5.74) is 3.63. The van der Waals surface area contributed by atoms with Crippen LogP contribution < -0.4 is 19.1 Å². The molecule has 6 rings (SSSR count). The van der Waals surface area contributed by atoms with E-state index in [1.807, 2.05) is 30.3 Å². The van der Waals surface area contributed by atoms with Gasteiger partial charge in [0.15, 0.2) is 0 Å². The van der Waals surface area contributed by atoms with Crippen molar-refractivity contribution in [3.8, 4) is 17.5 Å². The van der Waals surface area contributed by atoms with Crippen LogP contribution in [0.25, 0.3) is 0 Å². The number of hydrogen-bond donors (Lipinski definition) is 0. The van der Waals surface area contributed by atoms with E-state index in [0.717, 1.165) is 49.8 Å². The van der Waals surface area contributed by atoms with Gasteiger partial charge in [0.2, 0.25) is 0 Å². The molecule has 0 bridgehead atoms. The zero-order valence-electron chi connectivity index (χ0n) is 22.8. The first-order valence-corrected chi connectivity index (χ1v) is 13.9. The highest BCUT2D eigenvalue weighted by Crippen LogP contribution is 2.26. The fraction of sp³-hybridized carbons (Fsp3) is 0.323. The summed E-state index contributed by atoms with van der Waals surface area (Å²) in [6.45, 7) is 6.40. The first-order chi connectivity index (χ1) is 20.1. The second-order valence-electron chi connectivity index (χ2n) is 10.3. The number of hydrogen-bond acceptors (Lipinski definition) is 8. The van der Waals surface area contributed by atoms with Crippen molar-refractivity contribution in [3.63, 3.8) is 0 Å². The largest absolute Gasteiger partial charge is 0.490 e. The van der Waals surface area contributed by atoms with Gasteiger partial charge in [0.25, 0.3) is 0 Å². The first kappa shape index (κ1) is 26.6. The zero-order valence-corrected chi connectivity index (χ0v) is 22.8. The van der Waals surface area contributed by atoms with Gasteiger partial charge < -0.3 is 29.2 Å². The van der Waals surface area contributed by atoms with Gasteiger partial charge in [-0.3, -0.25) is 9.47 Å². The zero-order chi connectivity index (χ0) is 28.0. The number of ether oxygens (including phenoxy) is 3. The van der Waals surface area contributed by atoms with Crippen molar-refractivity contribution in [1.29, 1.82) is 0 Å². The molecule has 0 saturated carbocycles. The second kappa shape index (κ2) is 12.3. The Hall–Kier alpha value is -4.57. The van der Waals surface area contributed by atoms with Gasteiger partial charge in [0.05, 0.1) is 0 Å². The normalized spacial score (nSPS) is 17.0. The second-order valence-corrected chi connectivity index (χ2v) is 10.3. The van der Waals surface area contributed by atoms with Crippen molar-refractivity contribution in [3.05, 3.63) is 106 Å². The van der Waals surface area contributed by atoms with Crippen molar-refractivity contribution in [1.82, 2.24) is 14.5 Å². The third-order valence-corrected chi connectivity index (χ3v) is 7.47. The summed E-state index contributed by atoms with van der Waals surface area (Å²) in [6, 6.07) is 27.0. The van der Waals surface area contributed by atoms with Crippen LogP contribution in [0.5, 0.6) is 17.5 Å². The highest BCUT2D eigenvalue weighted by atomic mass is 16.6.